The molecule has 1 saturated carbocycles. The van der Waals surface area contributed by atoms with Crippen molar-refractivity contribution < 1.29 is 19.1 Å². The lowest BCUT2D eigenvalue weighted by Crippen LogP contribution is -2.10. The average molecular weight is 389 g/mol. The number of carbonyl (C=O) groups is 2. The molecule has 2 atom stereocenters. The van der Waals surface area contributed by atoms with E-state index in [1.807, 2.05) is 30.3 Å². The normalized spacial score (nSPS) is 24.9. The van der Waals surface area contributed by atoms with E-state index in [0.717, 1.165) is 41.9 Å². The SMILES string of the molecule is CCCCOc1cccc(COC(=O)[C@@H]2[C@H](/C=C3\CCSC3=O)C2(C)C)c1. The van der Waals surface area contributed by atoms with Gasteiger partial charge in [-0.1, -0.05) is 57.2 Å². The van der Waals surface area contributed by atoms with E-state index in [1.165, 1.54) is 11.8 Å². The number of esters is 1. The third kappa shape index (κ3) is 4.75. The highest BCUT2D eigenvalue weighted by Gasteiger charge is 2.61. The predicted molar refractivity (Wildman–Crippen MR) is 108 cm³/mol. The van der Waals surface area contributed by atoms with Crippen molar-refractivity contribution >= 4 is 22.8 Å². The van der Waals surface area contributed by atoms with Gasteiger partial charge in [0.25, 0.3) is 0 Å². The molecule has 5 heteroatoms. The molecule has 1 heterocycles. The molecule has 0 amide bonds. The molecule has 27 heavy (non-hydrogen) atoms. The summed E-state index contributed by atoms with van der Waals surface area (Å²) in [7, 11) is 0. The summed E-state index contributed by atoms with van der Waals surface area (Å²) >= 11 is 1.37. The third-order valence-corrected chi connectivity index (χ3v) is 6.39. The van der Waals surface area contributed by atoms with E-state index in [9.17, 15) is 9.59 Å². The minimum atomic E-state index is -0.183. The van der Waals surface area contributed by atoms with Gasteiger partial charge in [-0.3, -0.25) is 9.59 Å². The van der Waals surface area contributed by atoms with Gasteiger partial charge in [-0.2, -0.15) is 0 Å². The zero-order valence-corrected chi connectivity index (χ0v) is 17.1. The minimum absolute atomic E-state index is 0.0892. The lowest BCUT2D eigenvalue weighted by molar-refractivity contribution is -0.147. The first-order valence-electron chi connectivity index (χ1n) is 9.69. The molecule has 0 aromatic heterocycles. The van der Waals surface area contributed by atoms with Crippen LogP contribution in [0.3, 0.4) is 0 Å². The van der Waals surface area contributed by atoms with Gasteiger partial charge in [-0.15, -0.1) is 0 Å². The summed E-state index contributed by atoms with van der Waals surface area (Å²) in [6.07, 6.45) is 4.93. The van der Waals surface area contributed by atoms with Crippen LogP contribution in [0.2, 0.25) is 0 Å². The highest BCUT2D eigenvalue weighted by atomic mass is 32.2. The molecule has 3 rings (SSSR count). The number of carbonyl (C=O) groups excluding carboxylic acids is 2. The average Bonchev–Trinajstić information content (AvgIpc) is 2.95. The standard InChI is InChI=1S/C22H28O4S/c1-4-5-10-25-17-8-6-7-15(12-17)14-26-20(23)19-18(22(19,2)3)13-16-9-11-27-21(16)24/h6-8,12-13,18-19H,4-5,9-11,14H2,1-3H3/b16-13+/t18-,19-/m0/s1. The van der Waals surface area contributed by atoms with Crippen molar-refractivity contribution in [2.75, 3.05) is 12.4 Å². The molecule has 0 unspecified atom stereocenters. The van der Waals surface area contributed by atoms with Crippen molar-refractivity contribution in [1.82, 2.24) is 0 Å². The Hall–Kier alpha value is -1.75. The highest BCUT2D eigenvalue weighted by molar-refractivity contribution is 8.14. The minimum Gasteiger partial charge on any atom is -0.494 e. The van der Waals surface area contributed by atoms with Gasteiger partial charge < -0.3 is 9.47 Å². The summed E-state index contributed by atoms with van der Waals surface area (Å²) in [4.78, 5) is 24.4. The van der Waals surface area contributed by atoms with Crippen LogP contribution in [0.4, 0.5) is 0 Å². The first-order chi connectivity index (χ1) is 12.9. The summed E-state index contributed by atoms with van der Waals surface area (Å²) in [5.74, 6) is 1.39. The van der Waals surface area contributed by atoms with Crippen LogP contribution in [0.15, 0.2) is 35.9 Å². The monoisotopic (exact) mass is 388 g/mol. The van der Waals surface area contributed by atoms with E-state index in [0.29, 0.717) is 6.61 Å². The molecule has 1 aliphatic carbocycles. The lowest BCUT2D eigenvalue weighted by atomic mass is 10.1. The lowest BCUT2D eigenvalue weighted by Gasteiger charge is -2.09. The largest absolute Gasteiger partial charge is 0.494 e. The fourth-order valence-electron chi connectivity index (χ4n) is 3.56. The molecular weight excluding hydrogens is 360 g/mol. The molecule has 0 N–H and O–H groups in total. The number of thioether (sulfide) groups is 1. The first kappa shape index (κ1) is 20.0. The van der Waals surface area contributed by atoms with Crippen molar-refractivity contribution in [3.8, 4) is 5.75 Å². The van der Waals surface area contributed by atoms with Gasteiger partial charge in [-0.05, 0) is 41.9 Å². The molecule has 0 bridgehead atoms. The second-order valence-electron chi connectivity index (χ2n) is 7.86. The number of unbranched alkanes of at least 4 members (excludes halogenated alkanes) is 1. The number of hydrogen-bond acceptors (Lipinski definition) is 5. The van der Waals surface area contributed by atoms with Crippen LogP contribution in [0.1, 0.15) is 45.6 Å². The highest BCUT2D eigenvalue weighted by Crippen LogP contribution is 2.60. The Morgan fingerprint density at radius 1 is 1.37 bits per heavy atom. The van der Waals surface area contributed by atoms with E-state index in [2.05, 4.69) is 20.8 Å². The Kier molecular flexibility index (Phi) is 6.30. The molecule has 1 aromatic rings. The van der Waals surface area contributed by atoms with Crippen molar-refractivity contribution in [2.45, 2.75) is 46.6 Å². The van der Waals surface area contributed by atoms with Gasteiger partial charge in [0.2, 0.25) is 5.12 Å². The molecule has 0 radical (unpaired) electrons. The van der Waals surface area contributed by atoms with Gasteiger partial charge in [0.15, 0.2) is 0 Å². The number of hydrogen-bond donors (Lipinski definition) is 0. The molecule has 2 aliphatic rings. The topological polar surface area (TPSA) is 52.6 Å². The maximum atomic E-state index is 12.6. The van der Waals surface area contributed by atoms with Crippen LogP contribution in [0.5, 0.6) is 5.75 Å². The van der Waals surface area contributed by atoms with Crippen molar-refractivity contribution in [3.05, 3.63) is 41.5 Å². The Balaban J connectivity index is 1.55. The Labute approximate surface area is 165 Å². The first-order valence-corrected chi connectivity index (χ1v) is 10.7. The van der Waals surface area contributed by atoms with Crippen LogP contribution in [-0.4, -0.2) is 23.4 Å². The summed E-state index contributed by atoms with van der Waals surface area (Å²) in [6, 6.07) is 7.70. The smallest absolute Gasteiger partial charge is 0.310 e. The van der Waals surface area contributed by atoms with Gasteiger partial charge >= 0.3 is 5.97 Å². The molecule has 0 spiro atoms. The van der Waals surface area contributed by atoms with Gasteiger partial charge in [-0.25, -0.2) is 0 Å². The van der Waals surface area contributed by atoms with Gasteiger partial charge in [0.05, 0.1) is 12.5 Å². The van der Waals surface area contributed by atoms with E-state index in [1.54, 1.807) is 0 Å². The van der Waals surface area contributed by atoms with Crippen molar-refractivity contribution in [2.24, 2.45) is 17.3 Å². The molecule has 1 aromatic carbocycles. The van der Waals surface area contributed by atoms with Crippen LogP contribution in [0.25, 0.3) is 0 Å². The molecular formula is C22H28O4S. The summed E-state index contributed by atoms with van der Waals surface area (Å²) < 4.78 is 11.3. The van der Waals surface area contributed by atoms with Gasteiger partial charge in [0.1, 0.15) is 12.4 Å². The van der Waals surface area contributed by atoms with Gasteiger partial charge in [0, 0.05) is 11.3 Å². The predicted octanol–water partition coefficient (Wildman–Crippen LogP) is 4.77. The summed E-state index contributed by atoms with van der Waals surface area (Å²) in [6.45, 7) is 7.20. The Morgan fingerprint density at radius 3 is 2.89 bits per heavy atom. The van der Waals surface area contributed by atoms with Crippen LogP contribution < -0.4 is 4.74 Å². The van der Waals surface area contributed by atoms with E-state index in [4.69, 9.17) is 9.47 Å². The Morgan fingerprint density at radius 2 is 2.19 bits per heavy atom. The van der Waals surface area contributed by atoms with Crippen LogP contribution >= 0.6 is 11.8 Å². The molecule has 4 nitrogen and oxygen atoms in total. The third-order valence-electron chi connectivity index (χ3n) is 5.46. The second kappa shape index (κ2) is 8.51. The fraction of sp³-hybridized carbons (Fsp3) is 0.545. The summed E-state index contributed by atoms with van der Waals surface area (Å²) in [5.41, 5.74) is 1.64. The number of benzene rings is 1. The fourth-order valence-corrected chi connectivity index (χ4v) is 4.42. The van der Waals surface area contributed by atoms with Crippen LogP contribution in [0, 0.1) is 17.3 Å². The zero-order valence-electron chi connectivity index (χ0n) is 16.3. The number of ether oxygens (including phenoxy) is 2. The summed E-state index contributed by atoms with van der Waals surface area (Å²) in [5, 5.41) is 0.157. The molecule has 1 aliphatic heterocycles. The molecule has 146 valence electrons. The van der Waals surface area contributed by atoms with Crippen LogP contribution in [-0.2, 0) is 20.9 Å². The zero-order chi connectivity index (χ0) is 19.4. The second-order valence-corrected chi connectivity index (χ2v) is 8.93. The van der Waals surface area contributed by atoms with E-state index >= 15 is 0 Å². The van der Waals surface area contributed by atoms with Crippen molar-refractivity contribution in [1.29, 1.82) is 0 Å². The van der Waals surface area contributed by atoms with E-state index < -0.39 is 0 Å². The maximum Gasteiger partial charge on any atom is 0.310 e. The quantitative estimate of drug-likeness (QED) is 0.365. The number of allylic oxidation sites excluding steroid dienone is 1. The van der Waals surface area contributed by atoms with Crippen molar-refractivity contribution in [3.63, 3.8) is 0 Å². The van der Waals surface area contributed by atoms with E-state index in [-0.39, 0.29) is 34.9 Å². The molecule has 1 saturated heterocycles. The molecule has 2 fully saturated rings. The Bertz CT molecular complexity index is 738. The number of rotatable bonds is 8. The maximum absolute atomic E-state index is 12.6.